The Morgan fingerprint density at radius 3 is 3.06 bits per heavy atom. The van der Waals surface area contributed by atoms with Gasteiger partial charge in [0.15, 0.2) is 0 Å². The first-order valence-corrected chi connectivity index (χ1v) is 6.48. The molecule has 0 saturated heterocycles. The summed E-state index contributed by atoms with van der Waals surface area (Å²) in [5.74, 6) is 2.28. The van der Waals surface area contributed by atoms with E-state index in [0.29, 0.717) is 6.04 Å². The summed E-state index contributed by atoms with van der Waals surface area (Å²) in [6.45, 7) is 6.59. The number of aromatic nitrogens is 3. The van der Waals surface area contributed by atoms with Gasteiger partial charge in [0, 0.05) is 13.0 Å². The third-order valence-corrected chi connectivity index (χ3v) is 3.26. The van der Waals surface area contributed by atoms with Crippen LogP contribution in [0.4, 0.5) is 0 Å². The van der Waals surface area contributed by atoms with Crippen LogP contribution in [-0.4, -0.2) is 21.3 Å². The molecule has 4 nitrogen and oxygen atoms in total. The second-order valence-electron chi connectivity index (χ2n) is 4.61. The third-order valence-electron chi connectivity index (χ3n) is 3.26. The van der Waals surface area contributed by atoms with Crippen LogP contribution in [0.25, 0.3) is 0 Å². The predicted octanol–water partition coefficient (Wildman–Crippen LogP) is 2.07. The first-order valence-electron chi connectivity index (χ1n) is 6.48. The van der Waals surface area contributed by atoms with E-state index < -0.39 is 0 Å². The standard InChI is InChI=1S/C12H22N4/c1-3-4-5-8-13-10(2)12-15-14-11-7-6-9-16(11)12/h10,13H,3-9H2,1-2H3. The lowest BCUT2D eigenvalue weighted by Gasteiger charge is -2.13. The van der Waals surface area contributed by atoms with E-state index >= 15 is 0 Å². The van der Waals surface area contributed by atoms with Gasteiger partial charge in [-0.25, -0.2) is 0 Å². The van der Waals surface area contributed by atoms with E-state index in [2.05, 4.69) is 33.9 Å². The van der Waals surface area contributed by atoms with Crippen molar-refractivity contribution in [2.24, 2.45) is 0 Å². The zero-order valence-corrected chi connectivity index (χ0v) is 10.4. The lowest BCUT2D eigenvalue weighted by molar-refractivity contribution is 0.501. The molecule has 4 heteroatoms. The summed E-state index contributed by atoms with van der Waals surface area (Å²) >= 11 is 0. The van der Waals surface area contributed by atoms with E-state index in [-0.39, 0.29) is 0 Å². The van der Waals surface area contributed by atoms with Crippen LogP contribution in [-0.2, 0) is 13.0 Å². The van der Waals surface area contributed by atoms with Gasteiger partial charge in [0.2, 0.25) is 0 Å². The Morgan fingerprint density at radius 2 is 2.25 bits per heavy atom. The van der Waals surface area contributed by atoms with Crippen molar-refractivity contribution >= 4 is 0 Å². The van der Waals surface area contributed by atoms with E-state index in [1.165, 1.54) is 25.7 Å². The molecule has 1 aliphatic rings. The summed E-state index contributed by atoms with van der Waals surface area (Å²) in [4.78, 5) is 0. The van der Waals surface area contributed by atoms with E-state index in [0.717, 1.165) is 31.2 Å². The number of rotatable bonds is 6. The van der Waals surface area contributed by atoms with Crippen LogP contribution in [0.1, 0.15) is 57.2 Å². The summed E-state index contributed by atoms with van der Waals surface area (Å²) in [6.07, 6.45) is 6.14. The zero-order chi connectivity index (χ0) is 11.4. The molecule has 1 aliphatic heterocycles. The maximum Gasteiger partial charge on any atom is 0.149 e. The molecular formula is C12H22N4. The minimum Gasteiger partial charge on any atom is -0.314 e. The fourth-order valence-electron chi connectivity index (χ4n) is 2.28. The fourth-order valence-corrected chi connectivity index (χ4v) is 2.28. The minimum atomic E-state index is 0.330. The Bertz CT molecular complexity index is 332. The molecule has 16 heavy (non-hydrogen) atoms. The molecule has 90 valence electrons. The van der Waals surface area contributed by atoms with Crippen LogP contribution in [0.3, 0.4) is 0 Å². The molecule has 0 spiro atoms. The number of fused-ring (bicyclic) bond motifs is 1. The van der Waals surface area contributed by atoms with Gasteiger partial charge < -0.3 is 9.88 Å². The number of hydrogen-bond donors (Lipinski definition) is 1. The molecule has 2 rings (SSSR count). The molecule has 0 fully saturated rings. The van der Waals surface area contributed by atoms with Gasteiger partial charge in [-0.3, -0.25) is 0 Å². The molecule has 0 saturated carbocycles. The van der Waals surface area contributed by atoms with Crippen molar-refractivity contribution in [3.05, 3.63) is 11.6 Å². The second-order valence-corrected chi connectivity index (χ2v) is 4.61. The lowest BCUT2D eigenvalue weighted by Crippen LogP contribution is -2.23. The highest BCUT2D eigenvalue weighted by atomic mass is 15.3. The number of nitrogens with one attached hydrogen (secondary N) is 1. The van der Waals surface area contributed by atoms with Crippen molar-refractivity contribution in [2.75, 3.05) is 6.54 Å². The van der Waals surface area contributed by atoms with Crippen LogP contribution < -0.4 is 5.32 Å². The molecule has 1 unspecified atom stereocenters. The summed E-state index contributed by atoms with van der Waals surface area (Å²) in [5, 5.41) is 12.0. The zero-order valence-electron chi connectivity index (χ0n) is 10.4. The van der Waals surface area contributed by atoms with Gasteiger partial charge in [-0.15, -0.1) is 10.2 Å². The van der Waals surface area contributed by atoms with Gasteiger partial charge in [0.05, 0.1) is 6.04 Å². The van der Waals surface area contributed by atoms with Crippen molar-refractivity contribution < 1.29 is 0 Å². The number of hydrogen-bond acceptors (Lipinski definition) is 3. The third kappa shape index (κ3) is 2.43. The lowest BCUT2D eigenvalue weighted by atomic mass is 10.2. The van der Waals surface area contributed by atoms with Crippen molar-refractivity contribution in [2.45, 2.75) is 58.5 Å². The maximum atomic E-state index is 4.29. The predicted molar refractivity (Wildman–Crippen MR) is 64.3 cm³/mol. The quantitative estimate of drug-likeness (QED) is 0.749. The van der Waals surface area contributed by atoms with E-state index in [1.54, 1.807) is 0 Å². The van der Waals surface area contributed by atoms with Crippen LogP contribution in [0.2, 0.25) is 0 Å². The number of unbranched alkanes of at least 4 members (excludes halogenated alkanes) is 2. The number of nitrogens with zero attached hydrogens (tertiary/aromatic N) is 3. The highest BCUT2D eigenvalue weighted by Crippen LogP contribution is 2.18. The van der Waals surface area contributed by atoms with E-state index in [4.69, 9.17) is 0 Å². The molecule has 0 bridgehead atoms. The molecule has 1 N–H and O–H groups in total. The first-order chi connectivity index (χ1) is 7.83. The van der Waals surface area contributed by atoms with Crippen molar-refractivity contribution in [1.82, 2.24) is 20.1 Å². The van der Waals surface area contributed by atoms with Gasteiger partial charge in [0.25, 0.3) is 0 Å². The van der Waals surface area contributed by atoms with Gasteiger partial charge in [-0.2, -0.15) is 0 Å². The largest absolute Gasteiger partial charge is 0.314 e. The molecular weight excluding hydrogens is 200 g/mol. The van der Waals surface area contributed by atoms with Gasteiger partial charge in [-0.1, -0.05) is 19.8 Å². The molecule has 0 aliphatic carbocycles. The fraction of sp³-hybridized carbons (Fsp3) is 0.833. The monoisotopic (exact) mass is 222 g/mol. The van der Waals surface area contributed by atoms with Crippen LogP contribution >= 0.6 is 0 Å². The Kier molecular flexibility index (Phi) is 3.93. The average molecular weight is 222 g/mol. The molecule has 0 aromatic carbocycles. The Hall–Kier alpha value is -0.900. The molecule has 1 aromatic rings. The molecule has 2 heterocycles. The van der Waals surface area contributed by atoms with E-state index in [1.807, 2.05) is 0 Å². The van der Waals surface area contributed by atoms with Crippen molar-refractivity contribution in [3.63, 3.8) is 0 Å². The Balaban J connectivity index is 1.86. The first kappa shape index (κ1) is 11.6. The van der Waals surface area contributed by atoms with Crippen LogP contribution in [0.15, 0.2) is 0 Å². The summed E-state index contributed by atoms with van der Waals surface area (Å²) < 4.78 is 2.28. The van der Waals surface area contributed by atoms with E-state index in [9.17, 15) is 0 Å². The smallest absolute Gasteiger partial charge is 0.149 e. The molecule has 0 amide bonds. The summed E-state index contributed by atoms with van der Waals surface area (Å²) in [5.41, 5.74) is 0. The highest BCUT2D eigenvalue weighted by Gasteiger charge is 2.20. The average Bonchev–Trinajstić information content (AvgIpc) is 2.85. The van der Waals surface area contributed by atoms with Crippen LogP contribution in [0.5, 0.6) is 0 Å². The van der Waals surface area contributed by atoms with Gasteiger partial charge >= 0.3 is 0 Å². The highest BCUT2D eigenvalue weighted by molar-refractivity contribution is 5.03. The normalized spacial score (nSPS) is 16.4. The SMILES string of the molecule is CCCCCNC(C)c1nnc2n1CCC2. The van der Waals surface area contributed by atoms with Crippen LogP contribution in [0, 0.1) is 0 Å². The second kappa shape index (κ2) is 5.43. The Morgan fingerprint density at radius 1 is 1.38 bits per heavy atom. The molecule has 1 atom stereocenters. The minimum absolute atomic E-state index is 0.330. The Labute approximate surface area is 97.5 Å². The molecule has 0 radical (unpaired) electrons. The maximum absolute atomic E-state index is 4.29. The number of aryl methyl sites for hydroxylation is 1. The topological polar surface area (TPSA) is 42.7 Å². The summed E-state index contributed by atoms with van der Waals surface area (Å²) in [7, 11) is 0. The summed E-state index contributed by atoms with van der Waals surface area (Å²) in [6, 6.07) is 0.330. The van der Waals surface area contributed by atoms with Gasteiger partial charge in [0.1, 0.15) is 11.6 Å². The van der Waals surface area contributed by atoms with Crippen molar-refractivity contribution in [3.8, 4) is 0 Å². The van der Waals surface area contributed by atoms with Crippen molar-refractivity contribution in [1.29, 1.82) is 0 Å². The molecule has 1 aromatic heterocycles. The van der Waals surface area contributed by atoms with Gasteiger partial charge in [-0.05, 0) is 26.3 Å².